The molecule has 0 saturated carbocycles. The Bertz CT molecular complexity index is 1640. The number of nitrogens with zero attached hydrogens (tertiary/aromatic N) is 1. The second-order valence-electron chi connectivity index (χ2n) is 8.49. The molecule has 1 unspecified atom stereocenters. The lowest BCUT2D eigenvalue weighted by molar-refractivity contribution is 0.0590. The van der Waals surface area contributed by atoms with Crippen LogP contribution in [0.1, 0.15) is 21.6 Å². The van der Waals surface area contributed by atoms with Crippen molar-refractivity contribution < 1.29 is 28.2 Å². The van der Waals surface area contributed by atoms with E-state index in [1.54, 1.807) is 47.0 Å². The fraction of sp³-hybridized carbons (Fsp3) is 0.185. The third-order valence-corrected chi connectivity index (χ3v) is 7.63. The molecular weight excluding hydrogens is 532 g/mol. The van der Waals surface area contributed by atoms with E-state index in [9.17, 15) is 23.1 Å². The lowest BCUT2D eigenvalue weighted by atomic mass is 9.99. The van der Waals surface area contributed by atoms with Crippen molar-refractivity contribution in [2.24, 2.45) is 0 Å². The summed E-state index contributed by atoms with van der Waals surface area (Å²) >= 11 is 6.25. The molecule has 0 spiro atoms. The number of hydrogen-bond acceptors (Lipinski definition) is 7. The number of esters is 1. The molecule has 11 heteroatoms. The van der Waals surface area contributed by atoms with E-state index in [0.29, 0.717) is 27.2 Å². The van der Waals surface area contributed by atoms with Crippen molar-refractivity contribution in [3.8, 4) is 5.69 Å². The second kappa shape index (κ2) is 11.5. The molecule has 0 aliphatic heterocycles. The number of methoxy groups -OCH3 is 1. The van der Waals surface area contributed by atoms with Crippen molar-refractivity contribution in [3.05, 3.63) is 105 Å². The number of fused-ring (bicyclic) bond motifs is 1. The fourth-order valence-corrected chi connectivity index (χ4v) is 5.31. The third kappa shape index (κ3) is 5.64. The number of hydrogen-bond donors (Lipinski definition) is 3. The number of para-hydroxylation sites is 1. The minimum Gasteiger partial charge on any atom is -0.464 e. The summed E-state index contributed by atoms with van der Waals surface area (Å²) in [6, 6.07) is 19.6. The van der Waals surface area contributed by atoms with Gasteiger partial charge in [-0.15, -0.1) is 0 Å². The first-order valence-electron chi connectivity index (χ1n) is 11.5. The summed E-state index contributed by atoms with van der Waals surface area (Å²) in [5, 5.41) is 19.1. The lowest BCUT2D eigenvalue weighted by Gasteiger charge is -2.19. The number of nitrogens with one attached hydrogen (secondary N) is 1. The van der Waals surface area contributed by atoms with Gasteiger partial charge in [-0.1, -0.05) is 41.9 Å². The number of halogens is 1. The van der Waals surface area contributed by atoms with Crippen LogP contribution in [0.5, 0.6) is 0 Å². The summed E-state index contributed by atoms with van der Waals surface area (Å²) < 4.78 is 33.9. The number of aliphatic hydroxyl groups excluding tert-OH is 2. The number of benzene rings is 3. The van der Waals surface area contributed by atoms with Crippen LogP contribution >= 0.6 is 11.6 Å². The highest BCUT2D eigenvalue weighted by molar-refractivity contribution is 7.89. The van der Waals surface area contributed by atoms with Crippen LogP contribution in [0.2, 0.25) is 5.02 Å². The van der Waals surface area contributed by atoms with E-state index in [1.165, 1.54) is 31.4 Å². The lowest BCUT2D eigenvalue weighted by Crippen LogP contribution is -2.33. The zero-order chi connectivity index (χ0) is 27.4. The number of pyridine rings is 1. The maximum Gasteiger partial charge on any atom is 0.355 e. The maximum absolute atomic E-state index is 13.7. The third-order valence-electron chi connectivity index (χ3n) is 5.96. The van der Waals surface area contributed by atoms with E-state index < -0.39 is 28.7 Å². The van der Waals surface area contributed by atoms with Gasteiger partial charge < -0.3 is 19.5 Å². The quantitative estimate of drug-likeness (QED) is 0.270. The topological polar surface area (TPSA) is 135 Å². The largest absolute Gasteiger partial charge is 0.464 e. The molecule has 1 heterocycles. The predicted octanol–water partition coefficient (Wildman–Crippen LogP) is 2.65. The van der Waals surface area contributed by atoms with Crippen LogP contribution in [-0.4, -0.2) is 55.5 Å². The standard InChI is InChI=1S/C27H25ClN2O7S/c1-37-27(34)25-23(13-17-7-10-21(11-8-17)38(35,36)29-15-20(32)16-31)26(33)22-12-9-18(28)14-24(22)30(25)19-5-3-2-4-6-19/h2-12,14,20,29,31-32H,13,15-16H2,1H3. The molecule has 0 saturated heterocycles. The molecule has 4 aromatic rings. The normalized spacial score (nSPS) is 12.4. The summed E-state index contributed by atoms with van der Waals surface area (Å²) in [6.07, 6.45) is -1.21. The molecule has 1 atom stereocenters. The van der Waals surface area contributed by atoms with Gasteiger partial charge in [-0.05, 0) is 48.0 Å². The van der Waals surface area contributed by atoms with Crippen LogP contribution in [0.15, 0.2) is 82.5 Å². The second-order valence-corrected chi connectivity index (χ2v) is 10.7. The minimum atomic E-state index is -3.94. The Kier molecular flexibility index (Phi) is 8.29. The van der Waals surface area contributed by atoms with Gasteiger partial charge in [0.2, 0.25) is 10.0 Å². The van der Waals surface area contributed by atoms with E-state index in [-0.39, 0.29) is 34.5 Å². The summed E-state index contributed by atoms with van der Waals surface area (Å²) in [4.78, 5) is 26.7. The Morgan fingerprint density at radius 3 is 2.39 bits per heavy atom. The minimum absolute atomic E-state index is 0.0195. The fourth-order valence-electron chi connectivity index (χ4n) is 4.07. The molecule has 0 fully saturated rings. The number of carbonyl (C=O) groups excluding carboxylic acids is 1. The van der Waals surface area contributed by atoms with Crippen molar-refractivity contribution >= 4 is 38.5 Å². The molecule has 38 heavy (non-hydrogen) atoms. The van der Waals surface area contributed by atoms with Crippen LogP contribution in [0.25, 0.3) is 16.6 Å². The molecule has 0 aliphatic rings. The van der Waals surface area contributed by atoms with Crippen LogP contribution < -0.4 is 10.2 Å². The molecule has 0 radical (unpaired) electrons. The van der Waals surface area contributed by atoms with Gasteiger partial charge in [0.25, 0.3) is 0 Å². The Hall–Kier alpha value is -3.54. The van der Waals surface area contributed by atoms with Crippen LogP contribution in [0.4, 0.5) is 0 Å². The number of ether oxygens (including phenoxy) is 1. The van der Waals surface area contributed by atoms with Gasteiger partial charge in [-0.2, -0.15) is 0 Å². The average Bonchev–Trinajstić information content (AvgIpc) is 2.93. The maximum atomic E-state index is 13.7. The Labute approximate surface area is 223 Å². The molecule has 198 valence electrons. The van der Waals surface area contributed by atoms with Crippen LogP contribution in [-0.2, 0) is 21.2 Å². The molecule has 0 bridgehead atoms. The van der Waals surface area contributed by atoms with Gasteiger partial charge in [0, 0.05) is 34.6 Å². The highest BCUT2D eigenvalue weighted by Crippen LogP contribution is 2.26. The average molecular weight is 557 g/mol. The van der Waals surface area contributed by atoms with E-state index in [0.717, 1.165) is 0 Å². The SMILES string of the molecule is COC(=O)c1c(Cc2ccc(S(=O)(=O)NCC(O)CO)cc2)c(=O)c2ccc(Cl)cc2n1-c1ccccc1. The molecule has 4 rings (SSSR count). The van der Waals surface area contributed by atoms with Crippen molar-refractivity contribution in [2.75, 3.05) is 20.3 Å². The summed E-state index contributed by atoms with van der Waals surface area (Å²) in [5.41, 5.74) is 1.48. The van der Waals surface area contributed by atoms with Crippen molar-refractivity contribution in [1.29, 1.82) is 0 Å². The van der Waals surface area contributed by atoms with E-state index in [4.69, 9.17) is 21.4 Å². The van der Waals surface area contributed by atoms with Gasteiger partial charge in [0.05, 0.1) is 30.2 Å². The number of rotatable bonds is 9. The smallest absolute Gasteiger partial charge is 0.355 e. The molecule has 0 aliphatic carbocycles. The molecule has 0 amide bonds. The monoisotopic (exact) mass is 556 g/mol. The molecule has 9 nitrogen and oxygen atoms in total. The first kappa shape index (κ1) is 27.5. The number of sulfonamides is 1. The van der Waals surface area contributed by atoms with Gasteiger partial charge in [0.1, 0.15) is 5.69 Å². The first-order chi connectivity index (χ1) is 18.2. The summed E-state index contributed by atoms with van der Waals surface area (Å²) in [5.74, 6) is -0.714. The van der Waals surface area contributed by atoms with Crippen molar-refractivity contribution in [3.63, 3.8) is 0 Å². The van der Waals surface area contributed by atoms with Crippen LogP contribution in [0.3, 0.4) is 0 Å². The van der Waals surface area contributed by atoms with Crippen LogP contribution in [0, 0.1) is 0 Å². The van der Waals surface area contributed by atoms with E-state index in [2.05, 4.69) is 4.72 Å². The van der Waals surface area contributed by atoms with Gasteiger partial charge in [-0.25, -0.2) is 17.9 Å². The molecule has 3 N–H and O–H groups in total. The van der Waals surface area contributed by atoms with Crippen molar-refractivity contribution in [2.45, 2.75) is 17.4 Å². The Morgan fingerprint density at radius 2 is 1.76 bits per heavy atom. The Balaban J connectivity index is 1.84. The molecular formula is C27H25ClN2O7S. The Morgan fingerprint density at radius 1 is 1.08 bits per heavy atom. The number of aromatic nitrogens is 1. The molecule has 1 aromatic heterocycles. The summed E-state index contributed by atoms with van der Waals surface area (Å²) in [7, 11) is -2.71. The number of carbonyl (C=O) groups is 1. The van der Waals surface area contributed by atoms with Gasteiger partial charge >= 0.3 is 5.97 Å². The number of aliphatic hydroxyl groups is 2. The zero-order valence-corrected chi connectivity index (χ0v) is 21.9. The van der Waals surface area contributed by atoms with Gasteiger partial charge in [0.15, 0.2) is 5.43 Å². The summed E-state index contributed by atoms with van der Waals surface area (Å²) in [6.45, 7) is -0.925. The zero-order valence-electron chi connectivity index (χ0n) is 20.3. The van der Waals surface area contributed by atoms with E-state index in [1.807, 2.05) is 6.07 Å². The van der Waals surface area contributed by atoms with Crippen molar-refractivity contribution in [1.82, 2.24) is 9.29 Å². The van der Waals surface area contributed by atoms with Gasteiger partial charge in [-0.3, -0.25) is 4.79 Å². The first-order valence-corrected chi connectivity index (χ1v) is 13.4. The predicted molar refractivity (Wildman–Crippen MR) is 143 cm³/mol. The highest BCUT2D eigenvalue weighted by Gasteiger charge is 2.25. The van der Waals surface area contributed by atoms with E-state index >= 15 is 0 Å². The highest BCUT2D eigenvalue weighted by atomic mass is 35.5. The molecule has 3 aromatic carbocycles.